The molecule has 0 amide bonds. The van der Waals surface area contributed by atoms with Crippen molar-refractivity contribution in [1.29, 1.82) is 0 Å². The number of hydrogen-bond acceptors (Lipinski definition) is 8. The normalized spacial score (nSPS) is 14.1. The van der Waals surface area contributed by atoms with Gasteiger partial charge in [-0.05, 0) is 12.5 Å². The average Bonchev–Trinajstić information content (AvgIpc) is 3.52. The van der Waals surface area contributed by atoms with Crippen molar-refractivity contribution in [3.8, 4) is 28.7 Å². The Morgan fingerprint density at radius 1 is 1.05 bits per heavy atom. The third-order valence-electron chi connectivity index (χ3n) is 6.76. The van der Waals surface area contributed by atoms with Gasteiger partial charge >= 0.3 is 6.18 Å². The molecular formula is C26H24F3N9O. The Balaban J connectivity index is 1.31. The Kier molecular flexibility index (Phi) is 6.22. The molecule has 0 atom stereocenters. The van der Waals surface area contributed by atoms with Gasteiger partial charge in [-0.3, -0.25) is 0 Å². The Morgan fingerprint density at radius 3 is 2.51 bits per heavy atom. The summed E-state index contributed by atoms with van der Waals surface area (Å²) in [4.78, 5) is 22.0. The number of ether oxygens (including phenoxy) is 1. The highest BCUT2D eigenvalue weighted by atomic mass is 19.4. The van der Waals surface area contributed by atoms with E-state index in [0.717, 1.165) is 35.9 Å². The lowest BCUT2D eigenvalue weighted by atomic mass is 9.95. The Bertz CT molecular complexity index is 1640. The summed E-state index contributed by atoms with van der Waals surface area (Å²) in [7, 11) is 1.55. The van der Waals surface area contributed by atoms with E-state index in [-0.39, 0.29) is 11.7 Å². The lowest BCUT2D eigenvalue weighted by Crippen LogP contribution is -2.40. The third-order valence-corrected chi connectivity index (χ3v) is 6.76. The van der Waals surface area contributed by atoms with Crippen LogP contribution in [-0.2, 0) is 19.3 Å². The van der Waals surface area contributed by atoms with Crippen molar-refractivity contribution in [3.63, 3.8) is 0 Å². The molecule has 0 saturated carbocycles. The molecular weight excluding hydrogens is 511 g/mol. The van der Waals surface area contributed by atoms with Crippen LogP contribution in [0.3, 0.4) is 0 Å². The number of aryl methyl sites for hydroxylation is 1. The molecule has 5 heterocycles. The maximum atomic E-state index is 13.2. The fraction of sp³-hybridized carbons (Fsp3) is 0.308. The number of imidazole rings is 1. The number of nitrogens with zero attached hydrogens (tertiary/aromatic N) is 8. The van der Waals surface area contributed by atoms with Gasteiger partial charge in [-0.1, -0.05) is 24.3 Å². The van der Waals surface area contributed by atoms with Crippen LogP contribution in [0, 0.1) is 0 Å². The van der Waals surface area contributed by atoms with Gasteiger partial charge in [-0.15, -0.1) is 0 Å². The summed E-state index contributed by atoms with van der Waals surface area (Å²) < 4.78 is 48.3. The Labute approximate surface area is 220 Å². The zero-order valence-corrected chi connectivity index (χ0v) is 21.1. The van der Waals surface area contributed by atoms with Crippen LogP contribution in [0.1, 0.15) is 29.8 Å². The predicted molar refractivity (Wildman–Crippen MR) is 136 cm³/mol. The fourth-order valence-electron chi connectivity index (χ4n) is 4.60. The molecule has 0 bridgehead atoms. The standard InChI is InChI=1S/C26H24F3N9O/c1-3-37-13-19(26(27,28)29)35-23(37)16-6-4-15(5-7-16)12-38-24-18(11-34-38)10-31-22(36-24)20-21(17-8-30-9-17)32-14-33-25(20)39-2/h4-7,10-11,13-14,17,30H,3,8-9,12H2,1-2H3. The van der Waals surface area contributed by atoms with Crippen LogP contribution in [0.25, 0.3) is 33.8 Å². The number of hydrogen-bond donors (Lipinski definition) is 1. The number of methoxy groups -OCH3 is 1. The minimum atomic E-state index is -4.50. The second-order valence-corrected chi connectivity index (χ2v) is 9.20. The predicted octanol–water partition coefficient (Wildman–Crippen LogP) is 3.93. The van der Waals surface area contributed by atoms with Crippen molar-refractivity contribution < 1.29 is 17.9 Å². The number of fused-ring (bicyclic) bond motifs is 1. The van der Waals surface area contributed by atoms with Gasteiger partial charge in [0.1, 0.15) is 17.7 Å². The summed E-state index contributed by atoms with van der Waals surface area (Å²) in [6.07, 6.45) is 1.43. The summed E-state index contributed by atoms with van der Waals surface area (Å²) in [6, 6.07) is 7.23. The van der Waals surface area contributed by atoms with Gasteiger partial charge in [0.05, 0.1) is 30.9 Å². The molecule has 200 valence electrons. The van der Waals surface area contributed by atoms with Crippen LogP contribution < -0.4 is 10.1 Å². The van der Waals surface area contributed by atoms with Crippen LogP contribution >= 0.6 is 0 Å². The van der Waals surface area contributed by atoms with Crippen LogP contribution in [0.5, 0.6) is 5.88 Å². The monoisotopic (exact) mass is 535 g/mol. The number of halogens is 3. The number of aromatic nitrogens is 8. The van der Waals surface area contributed by atoms with Crippen molar-refractivity contribution >= 4 is 11.0 Å². The molecule has 10 nitrogen and oxygen atoms in total. The second kappa shape index (κ2) is 9.73. The summed E-state index contributed by atoms with van der Waals surface area (Å²) >= 11 is 0. The summed E-state index contributed by atoms with van der Waals surface area (Å²) in [5.41, 5.74) is 2.72. The van der Waals surface area contributed by atoms with Gasteiger partial charge < -0.3 is 14.6 Å². The maximum Gasteiger partial charge on any atom is 0.434 e. The van der Waals surface area contributed by atoms with Gasteiger partial charge in [0.15, 0.2) is 17.2 Å². The van der Waals surface area contributed by atoms with E-state index >= 15 is 0 Å². The van der Waals surface area contributed by atoms with Crippen molar-refractivity contribution in [2.45, 2.75) is 32.1 Å². The Hall–Kier alpha value is -4.39. The van der Waals surface area contributed by atoms with E-state index < -0.39 is 11.9 Å². The molecule has 0 radical (unpaired) electrons. The first-order valence-electron chi connectivity index (χ1n) is 12.4. The first-order chi connectivity index (χ1) is 18.9. The lowest BCUT2D eigenvalue weighted by Gasteiger charge is -2.28. The minimum absolute atomic E-state index is 0.218. The maximum absolute atomic E-state index is 13.2. The molecule has 1 aromatic carbocycles. The average molecular weight is 536 g/mol. The second-order valence-electron chi connectivity index (χ2n) is 9.20. The minimum Gasteiger partial charge on any atom is -0.480 e. The molecule has 5 aromatic rings. The molecule has 4 aromatic heterocycles. The molecule has 39 heavy (non-hydrogen) atoms. The van der Waals surface area contributed by atoms with Crippen LogP contribution in [0.15, 0.2) is 49.2 Å². The van der Waals surface area contributed by atoms with Crippen molar-refractivity contribution in [1.82, 2.24) is 44.6 Å². The topological polar surface area (TPSA) is 108 Å². The van der Waals surface area contributed by atoms with E-state index in [0.29, 0.717) is 41.6 Å². The number of benzene rings is 1. The largest absolute Gasteiger partial charge is 0.480 e. The summed E-state index contributed by atoms with van der Waals surface area (Å²) in [5, 5.41) is 8.51. The van der Waals surface area contributed by atoms with Gasteiger partial charge in [-0.25, -0.2) is 29.6 Å². The molecule has 13 heteroatoms. The number of nitrogens with one attached hydrogen (secondary N) is 1. The Morgan fingerprint density at radius 2 is 1.85 bits per heavy atom. The van der Waals surface area contributed by atoms with Crippen molar-refractivity contribution in [2.75, 3.05) is 20.2 Å². The third kappa shape index (κ3) is 4.58. The first kappa shape index (κ1) is 24.9. The molecule has 1 saturated heterocycles. The highest BCUT2D eigenvalue weighted by Gasteiger charge is 2.35. The molecule has 1 fully saturated rings. The molecule has 1 N–H and O–H groups in total. The van der Waals surface area contributed by atoms with E-state index in [9.17, 15) is 13.2 Å². The fourth-order valence-corrected chi connectivity index (χ4v) is 4.60. The highest BCUT2D eigenvalue weighted by Crippen LogP contribution is 2.34. The van der Waals surface area contributed by atoms with E-state index in [1.54, 1.807) is 43.2 Å². The smallest absolute Gasteiger partial charge is 0.434 e. The molecule has 6 rings (SSSR count). The van der Waals surface area contributed by atoms with Crippen LogP contribution in [0.2, 0.25) is 0 Å². The molecule has 0 aliphatic carbocycles. The lowest BCUT2D eigenvalue weighted by molar-refractivity contribution is -0.140. The van der Waals surface area contributed by atoms with Crippen LogP contribution in [0.4, 0.5) is 13.2 Å². The van der Waals surface area contributed by atoms with E-state index in [1.165, 1.54) is 10.9 Å². The highest BCUT2D eigenvalue weighted by molar-refractivity contribution is 5.77. The van der Waals surface area contributed by atoms with Gasteiger partial charge in [0, 0.05) is 43.5 Å². The molecule has 0 spiro atoms. The van der Waals surface area contributed by atoms with Gasteiger partial charge in [0.25, 0.3) is 0 Å². The van der Waals surface area contributed by atoms with E-state index in [4.69, 9.17) is 9.72 Å². The van der Waals surface area contributed by atoms with E-state index in [1.807, 2.05) is 12.1 Å². The van der Waals surface area contributed by atoms with Crippen molar-refractivity contribution in [2.24, 2.45) is 0 Å². The van der Waals surface area contributed by atoms with Gasteiger partial charge in [-0.2, -0.15) is 18.3 Å². The quantitative estimate of drug-likeness (QED) is 0.334. The number of alkyl halides is 3. The molecule has 0 unspecified atom stereocenters. The summed E-state index contributed by atoms with van der Waals surface area (Å²) in [5.74, 6) is 1.35. The first-order valence-corrected chi connectivity index (χ1v) is 12.4. The van der Waals surface area contributed by atoms with Gasteiger partial charge in [0.2, 0.25) is 5.88 Å². The molecule has 1 aliphatic rings. The van der Waals surface area contributed by atoms with Crippen molar-refractivity contribution in [3.05, 3.63) is 66.1 Å². The van der Waals surface area contributed by atoms with E-state index in [2.05, 4.69) is 30.4 Å². The zero-order valence-electron chi connectivity index (χ0n) is 21.1. The van der Waals surface area contributed by atoms with Crippen LogP contribution in [-0.4, -0.2) is 59.5 Å². The molecule has 1 aliphatic heterocycles. The summed E-state index contributed by atoms with van der Waals surface area (Å²) in [6.45, 7) is 4.16. The number of rotatable bonds is 7. The zero-order chi connectivity index (χ0) is 27.1. The SMILES string of the molecule is CCn1cc(C(F)(F)F)nc1-c1ccc(Cn2ncc3cnc(-c4c(OC)ncnc4C4CNC4)nc32)cc1.